The summed E-state index contributed by atoms with van der Waals surface area (Å²) in [5, 5.41) is 7.63. The summed E-state index contributed by atoms with van der Waals surface area (Å²) in [5.74, 6) is 0. The lowest BCUT2D eigenvalue weighted by atomic mass is 10.1. The smallest absolute Gasteiger partial charge is 0.170 e. The number of para-hydroxylation sites is 1. The number of aromatic nitrogens is 3. The van der Waals surface area contributed by atoms with E-state index in [4.69, 9.17) is 0 Å². The topological polar surface area (TPSA) is 47.8 Å². The van der Waals surface area contributed by atoms with Crippen LogP contribution in [0.4, 0.5) is 0 Å². The highest BCUT2D eigenvalue weighted by Crippen LogP contribution is 2.14. The summed E-state index contributed by atoms with van der Waals surface area (Å²) in [6.45, 7) is 2.07. The average molecular weight is 201 g/mol. The molecular weight excluding hydrogens is 190 g/mol. The van der Waals surface area contributed by atoms with E-state index in [0.717, 1.165) is 24.0 Å². The van der Waals surface area contributed by atoms with Crippen LogP contribution < -0.4 is 0 Å². The summed E-state index contributed by atoms with van der Waals surface area (Å²) in [7, 11) is 0. The summed E-state index contributed by atoms with van der Waals surface area (Å²) in [4.78, 5) is 10.8. The number of carbonyl (C=O) groups is 1. The first-order valence-corrected chi connectivity index (χ1v) is 4.81. The van der Waals surface area contributed by atoms with E-state index in [-0.39, 0.29) is 0 Å². The predicted molar refractivity (Wildman–Crippen MR) is 56.1 cm³/mol. The van der Waals surface area contributed by atoms with Crippen LogP contribution in [0, 0.1) is 0 Å². The van der Waals surface area contributed by atoms with E-state index in [1.807, 2.05) is 24.3 Å². The van der Waals surface area contributed by atoms with Crippen molar-refractivity contribution < 1.29 is 4.79 Å². The molecule has 15 heavy (non-hydrogen) atoms. The second kappa shape index (κ2) is 4.04. The zero-order valence-electron chi connectivity index (χ0n) is 8.42. The minimum atomic E-state index is 0.468. The van der Waals surface area contributed by atoms with E-state index in [9.17, 15) is 4.79 Å². The highest BCUT2D eigenvalue weighted by Gasteiger charge is 2.07. The molecule has 0 saturated carbocycles. The molecule has 0 fully saturated rings. The first-order valence-electron chi connectivity index (χ1n) is 4.81. The largest absolute Gasteiger partial charge is 0.296 e. The van der Waals surface area contributed by atoms with Gasteiger partial charge in [0.25, 0.3) is 0 Å². The van der Waals surface area contributed by atoms with Crippen molar-refractivity contribution in [1.82, 2.24) is 15.0 Å². The Labute approximate surface area is 87.5 Å². The summed E-state index contributed by atoms with van der Waals surface area (Å²) in [6, 6.07) is 7.84. The maximum Gasteiger partial charge on any atom is 0.170 e. The molecule has 76 valence electrons. The Balaban J connectivity index is 2.58. The number of aldehydes is 1. The molecule has 4 nitrogen and oxygen atoms in total. The Morgan fingerprint density at radius 1 is 1.40 bits per heavy atom. The van der Waals surface area contributed by atoms with Crippen LogP contribution in [-0.2, 0) is 6.42 Å². The van der Waals surface area contributed by atoms with Gasteiger partial charge in [-0.3, -0.25) is 4.79 Å². The van der Waals surface area contributed by atoms with Crippen molar-refractivity contribution in [1.29, 1.82) is 0 Å². The van der Waals surface area contributed by atoms with Crippen LogP contribution in [0.2, 0.25) is 0 Å². The minimum Gasteiger partial charge on any atom is -0.296 e. The molecular formula is C11H11N3O. The van der Waals surface area contributed by atoms with Crippen LogP contribution in [0.1, 0.15) is 23.0 Å². The molecule has 0 aliphatic heterocycles. The molecule has 0 radical (unpaired) electrons. The van der Waals surface area contributed by atoms with Crippen LogP contribution in [0.25, 0.3) is 5.69 Å². The van der Waals surface area contributed by atoms with Crippen molar-refractivity contribution >= 4 is 6.29 Å². The third-order valence-corrected chi connectivity index (χ3v) is 2.30. The van der Waals surface area contributed by atoms with Gasteiger partial charge in [0.2, 0.25) is 0 Å². The summed E-state index contributed by atoms with van der Waals surface area (Å²) >= 11 is 0. The normalized spacial score (nSPS) is 10.2. The zero-order valence-corrected chi connectivity index (χ0v) is 8.42. The molecule has 0 unspecified atom stereocenters. The van der Waals surface area contributed by atoms with Crippen LogP contribution in [0.15, 0.2) is 30.5 Å². The van der Waals surface area contributed by atoms with Gasteiger partial charge in [0.15, 0.2) is 6.29 Å². The number of benzene rings is 1. The number of carbonyl (C=O) groups excluding carboxylic acids is 1. The Kier molecular flexibility index (Phi) is 2.58. The molecule has 1 aromatic carbocycles. The van der Waals surface area contributed by atoms with E-state index >= 15 is 0 Å². The van der Waals surface area contributed by atoms with Gasteiger partial charge in [0, 0.05) is 0 Å². The molecule has 0 aliphatic carbocycles. The number of aryl methyl sites for hydroxylation is 1. The molecule has 0 bridgehead atoms. The lowest BCUT2D eigenvalue weighted by Crippen LogP contribution is -2.04. The van der Waals surface area contributed by atoms with Gasteiger partial charge in [-0.1, -0.05) is 30.3 Å². The fourth-order valence-corrected chi connectivity index (χ4v) is 1.53. The summed E-state index contributed by atoms with van der Waals surface area (Å²) in [6.07, 6.45) is 3.11. The molecule has 0 saturated heterocycles. The SMILES string of the molecule is CCc1ccccc1-n1nncc1C=O. The number of rotatable bonds is 3. The van der Waals surface area contributed by atoms with Gasteiger partial charge in [0.05, 0.1) is 11.9 Å². The number of hydrogen-bond acceptors (Lipinski definition) is 3. The third kappa shape index (κ3) is 1.66. The van der Waals surface area contributed by atoms with Gasteiger partial charge >= 0.3 is 0 Å². The molecule has 2 aromatic rings. The van der Waals surface area contributed by atoms with Crippen molar-refractivity contribution in [2.24, 2.45) is 0 Å². The molecule has 0 atom stereocenters. The van der Waals surface area contributed by atoms with Crippen LogP contribution in [-0.4, -0.2) is 21.3 Å². The van der Waals surface area contributed by atoms with Crippen molar-refractivity contribution in [2.75, 3.05) is 0 Å². The first-order chi connectivity index (χ1) is 7.36. The van der Waals surface area contributed by atoms with Crippen molar-refractivity contribution in [3.8, 4) is 5.69 Å². The second-order valence-electron chi connectivity index (χ2n) is 3.17. The Morgan fingerprint density at radius 2 is 2.20 bits per heavy atom. The van der Waals surface area contributed by atoms with E-state index in [1.165, 1.54) is 6.20 Å². The van der Waals surface area contributed by atoms with Crippen LogP contribution >= 0.6 is 0 Å². The molecule has 0 spiro atoms. The van der Waals surface area contributed by atoms with Gasteiger partial charge in [-0.25, -0.2) is 4.68 Å². The zero-order chi connectivity index (χ0) is 10.7. The summed E-state index contributed by atoms with van der Waals surface area (Å²) < 4.78 is 1.56. The average Bonchev–Trinajstić information content (AvgIpc) is 2.76. The molecule has 0 aliphatic rings. The van der Waals surface area contributed by atoms with Crippen LogP contribution in [0.3, 0.4) is 0 Å². The van der Waals surface area contributed by atoms with Crippen molar-refractivity contribution in [3.05, 3.63) is 41.7 Å². The van der Waals surface area contributed by atoms with Gasteiger partial charge in [-0.05, 0) is 18.1 Å². The number of nitrogens with zero attached hydrogens (tertiary/aromatic N) is 3. The Morgan fingerprint density at radius 3 is 2.93 bits per heavy atom. The van der Waals surface area contributed by atoms with Crippen molar-refractivity contribution in [3.63, 3.8) is 0 Å². The molecule has 1 heterocycles. The minimum absolute atomic E-state index is 0.468. The van der Waals surface area contributed by atoms with Crippen LogP contribution in [0.5, 0.6) is 0 Å². The van der Waals surface area contributed by atoms with Crippen molar-refractivity contribution in [2.45, 2.75) is 13.3 Å². The molecule has 1 aromatic heterocycles. The summed E-state index contributed by atoms with van der Waals surface area (Å²) in [5.41, 5.74) is 2.53. The van der Waals surface area contributed by atoms with E-state index in [2.05, 4.69) is 17.2 Å². The maximum absolute atomic E-state index is 10.8. The first kappa shape index (κ1) is 9.58. The highest BCUT2D eigenvalue weighted by molar-refractivity contribution is 5.72. The standard InChI is InChI=1S/C11H11N3O/c1-2-9-5-3-4-6-11(9)14-10(8-15)7-12-13-14/h3-8H,2H2,1H3. The van der Waals surface area contributed by atoms with Gasteiger partial charge in [-0.2, -0.15) is 0 Å². The lowest BCUT2D eigenvalue weighted by molar-refractivity contribution is 0.111. The van der Waals surface area contributed by atoms with Gasteiger partial charge in [0.1, 0.15) is 5.69 Å². The fraction of sp³-hybridized carbons (Fsp3) is 0.182. The van der Waals surface area contributed by atoms with E-state index in [1.54, 1.807) is 4.68 Å². The lowest BCUT2D eigenvalue weighted by Gasteiger charge is -2.07. The molecule has 4 heteroatoms. The fourth-order valence-electron chi connectivity index (χ4n) is 1.53. The predicted octanol–water partition coefficient (Wildman–Crippen LogP) is 1.64. The van der Waals surface area contributed by atoms with Gasteiger partial charge < -0.3 is 0 Å². The quantitative estimate of drug-likeness (QED) is 0.709. The number of hydrogen-bond donors (Lipinski definition) is 0. The van der Waals surface area contributed by atoms with Gasteiger partial charge in [-0.15, -0.1) is 5.10 Å². The van der Waals surface area contributed by atoms with E-state index < -0.39 is 0 Å². The molecule has 0 amide bonds. The third-order valence-electron chi connectivity index (χ3n) is 2.30. The molecule has 2 rings (SSSR count). The maximum atomic E-state index is 10.8. The Bertz CT molecular complexity index is 476. The Hall–Kier alpha value is -1.97. The second-order valence-corrected chi connectivity index (χ2v) is 3.17. The monoisotopic (exact) mass is 201 g/mol. The van der Waals surface area contributed by atoms with E-state index in [0.29, 0.717) is 5.69 Å². The highest BCUT2D eigenvalue weighted by atomic mass is 16.1. The molecule has 0 N–H and O–H groups in total.